The highest BCUT2D eigenvalue weighted by Gasteiger charge is 2.28. The summed E-state index contributed by atoms with van der Waals surface area (Å²) < 4.78 is 12.3. The fourth-order valence-corrected chi connectivity index (χ4v) is 4.24. The van der Waals surface area contributed by atoms with Crippen LogP contribution in [0.1, 0.15) is 40.4 Å². The van der Waals surface area contributed by atoms with Crippen LogP contribution in [-0.2, 0) is 0 Å². The first-order chi connectivity index (χ1) is 13.9. The Hall–Kier alpha value is -2.80. The van der Waals surface area contributed by atoms with Crippen molar-refractivity contribution in [3.05, 3.63) is 56.7 Å². The summed E-state index contributed by atoms with van der Waals surface area (Å²) in [6, 6.07) is 7.10. The van der Waals surface area contributed by atoms with E-state index < -0.39 is 0 Å². The summed E-state index contributed by atoms with van der Waals surface area (Å²) in [4.78, 5) is 31.2. The third-order valence-electron chi connectivity index (χ3n) is 5.39. The smallest absolute Gasteiger partial charge is 0.420 e. The molecule has 0 unspecified atom stereocenters. The summed E-state index contributed by atoms with van der Waals surface area (Å²) in [6.07, 6.45) is 1.34. The van der Waals surface area contributed by atoms with Crippen LogP contribution in [0, 0.1) is 13.8 Å². The van der Waals surface area contributed by atoms with Gasteiger partial charge in [-0.2, -0.15) is 0 Å². The van der Waals surface area contributed by atoms with E-state index in [0.717, 1.165) is 16.6 Å². The van der Waals surface area contributed by atoms with Gasteiger partial charge in [-0.1, -0.05) is 17.7 Å². The standard InChI is InChI=1S/C21H22ClN3O4/c1-12-8-13(2)19-16(9-12)25(21(27)29-19)15-4-6-24(7-5-15)20(26)14-10-17(22)23-18(11-14)28-3/h8-11,15H,4-7H2,1-3H3. The van der Waals surface area contributed by atoms with Crippen molar-refractivity contribution in [1.82, 2.24) is 14.5 Å². The average Bonchev–Trinajstić information content (AvgIpc) is 3.03. The lowest BCUT2D eigenvalue weighted by Gasteiger charge is -2.32. The number of likely N-dealkylation sites (tertiary alicyclic amines) is 1. The number of nitrogens with zero attached hydrogens (tertiary/aromatic N) is 3. The molecule has 0 spiro atoms. The first kappa shape index (κ1) is 19.5. The summed E-state index contributed by atoms with van der Waals surface area (Å²) in [5.41, 5.74) is 3.94. The molecule has 0 aliphatic carbocycles. The van der Waals surface area contributed by atoms with E-state index >= 15 is 0 Å². The molecule has 0 atom stereocenters. The van der Waals surface area contributed by atoms with Crippen LogP contribution in [0.3, 0.4) is 0 Å². The fourth-order valence-electron chi connectivity index (χ4n) is 4.03. The lowest BCUT2D eigenvalue weighted by Crippen LogP contribution is -2.40. The second-order valence-electron chi connectivity index (χ2n) is 7.41. The molecule has 3 heterocycles. The van der Waals surface area contributed by atoms with Crippen molar-refractivity contribution in [3.8, 4) is 5.88 Å². The molecule has 1 amide bonds. The minimum Gasteiger partial charge on any atom is -0.481 e. The molecule has 152 valence electrons. The lowest BCUT2D eigenvalue weighted by atomic mass is 10.0. The van der Waals surface area contributed by atoms with Gasteiger partial charge in [0.2, 0.25) is 5.88 Å². The molecule has 0 saturated carbocycles. The fraction of sp³-hybridized carbons (Fsp3) is 0.381. The Morgan fingerprint density at radius 1 is 1.21 bits per heavy atom. The third-order valence-corrected chi connectivity index (χ3v) is 5.58. The SMILES string of the molecule is COc1cc(C(=O)N2CCC(n3c(=O)oc4c(C)cc(C)cc43)CC2)cc(Cl)n1. The maximum Gasteiger partial charge on any atom is 0.420 e. The molecular weight excluding hydrogens is 394 g/mol. The number of hydrogen-bond donors (Lipinski definition) is 0. The van der Waals surface area contributed by atoms with Crippen LogP contribution in [-0.4, -0.2) is 40.6 Å². The molecule has 0 bridgehead atoms. The van der Waals surface area contributed by atoms with Gasteiger partial charge in [-0.3, -0.25) is 9.36 Å². The van der Waals surface area contributed by atoms with Crippen molar-refractivity contribution in [3.63, 3.8) is 0 Å². The van der Waals surface area contributed by atoms with Gasteiger partial charge in [0.15, 0.2) is 5.58 Å². The Bertz CT molecular complexity index is 1140. The number of carbonyl (C=O) groups excluding carboxylic acids is 1. The molecule has 1 aliphatic rings. The minimum absolute atomic E-state index is 0.00966. The number of rotatable bonds is 3. The second kappa shape index (κ2) is 7.55. The van der Waals surface area contributed by atoms with E-state index in [2.05, 4.69) is 4.98 Å². The molecule has 1 aromatic carbocycles. The number of benzene rings is 1. The predicted octanol–water partition coefficient (Wildman–Crippen LogP) is 3.75. The molecule has 2 aromatic heterocycles. The molecule has 4 rings (SSSR count). The van der Waals surface area contributed by atoms with Gasteiger partial charge in [0.25, 0.3) is 5.91 Å². The van der Waals surface area contributed by atoms with Gasteiger partial charge in [-0.15, -0.1) is 0 Å². The van der Waals surface area contributed by atoms with Crippen LogP contribution < -0.4 is 10.5 Å². The zero-order chi connectivity index (χ0) is 20.7. The highest BCUT2D eigenvalue weighted by molar-refractivity contribution is 6.29. The Morgan fingerprint density at radius 3 is 2.62 bits per heavy atom. The van der Waals surface area contributed by atoms with Crippen LogP contribution >= 0.6 is 11.6 Å². The van der Waals surface area contributed by atoms with Crippen molar-refractivity contribution in [2.45, 2.75) is 32.7 Å². The molecule has 0 radical (unpaired) electrons. The van der Waals surface area contributed by atoms with Gasteiger partial charge in [0, 0.05) is 30.8 Å². The predicted molar refractivity (Wildman–Crippen MR) is 110 cm³/mol. The number of aromatic nitrogens is 2. The number of oxazole rings is 1. The number of amides is 1. The zero-order valence-corrected chi connectivity index (χ0v) is 17.3. The summed E-state index contributed by atoms with van der Waals surface area (Å²) in [7, 11) is 1.48. The molecule has 0 N–H and O–H groups in total. The Balaban J connectivity index is 1.55. The summed E-state index contributed by atoms with van der Waals surface area (Å²) in [5, 5.41) is 0.213. The highest BCUT2D eigenvalue weighted by Crippen LogP contribution is 2.29. The van der Waals surface area contributed by atoms with Crippen LogP contribution in [0.2, 0.25) is 5.15 Å². The minimum atomic E-state index is -0.343. The number of methoxy groups -OCH3 is 1. The maximum atomic E-state index is 12.9. The first-order valence-corrected chi connectivity index (χ1v) is 9.88. The van der Waals surface area contributed by atoms with E-state index in [4.69, 9.17) is 20.8 Å². The van der Waals surface area contributed by atoms with Crippen LogP contribution in [0.25, 0.3) is 11.1 Å². The van der Waals surface area contributed by atoms with E-state index in [1.165, 1.54) is 13.2 Å². The van der Waals surface area contributed by atoms with Gasteiger partial charge in [-0.25, -0.2) is 9.78 Å². The topological polar surface area (TPSA) is 77.6 Å². The third kappa shape index (κ3) is 3.62. The number of carbonyl (C=O) groups is 1. The summed E-state index contributed by atoms with van der Waals surface area (Å²) >= 11 is 5.99. The number of hydrogen-bond acceptors (Lipinski definition) is 5. The van der Waals surface area contributed by atoms with E-state index in [1.54, 1.807) is 15.5 Å². The number of halogens is 1. The van der Waals surface area contributed by atoms with Gasteiger partial charge in [0.1, 0.15) is 5.15 Å². The van der Waals surface area contributed by atoms with Crippen LogP contribution in [0.4, 0.5) is 0 Å². The highest BCUT2D eigenvalue weighted by atomic mass is 35.5. The van der Waals surface area contributed by atoms with Gasteiger partial charge in [-0.05, 0) is 49.9 Å². The van der Waals surface area contributed by atoms with E-state index in [0.29, 0.717) is 43.0 Å². The second-order valence-corrected chi connectivity index (χ2v) is 7.80. The molecule has 1 aliphatic heterocycles. The maximum absolute atomic E-state index is 12.9. The number of piperidine rings is 1. The van der Waals surface area contributed by atoms with Gasteiger partial charge < -0.3 is 14.1 Å². The van der Waals surface area contributed by atoms with Crippen molar-refractivity contribution >= 4 is 28.6 Å². The Labute approximate surface area is 172 Å². The monoisotopic (exact) mass is 415 g/mol. The molecular formula is C21H22ClN3O4. The van der Waals surface area contributed by atoms with E-state index in [-0.39, 0.29) is 22.9 Å². The van der Waals surface area contributed by atoms with Crippen molar-refractivity contribution in [1.29, 1.82) is 0 Å². The van der Waals surface area contributed by atoms with Crippen LogP contribution in [0.15, 0.2) is 33.5 Å². The lowest BCUT2D eigenvalue weighted by molar-refractivity contribution is 0.0693. The quantitative estimate of drug-likeness (QED) is 0.609. The molecule has 1 fully saturated rings. The first-order valence-electron chi connectivity index (χ1n) is 9.50. The molecule has 29 heavy (non-hydrogen) atoms. The molecule has 8 heteroatoms. The average molecular weight is 416 g/mol. The largest absolute Gasteiger partial charge is 0.481 e. The van der Waals surface area contributed by atoms with Crippen molar-refractivity contribution in [2.24, 2.45) is 0 Å². The number of pyridine rings is 1. The Morgan fingerprint density at radius 2 is 1.93 bits per heavy atom. The summed E-state index contributed by atoms with van der Waals surface area (Å²) in [5.74, 6) is -0.163. The van der Waals surface area contributed by atoms with Crippen LogP contribution in [0.5, 0.6) is 5.88 Å². The normalized spacial score (nSPS) is 15.1. The zero-order valence-electron chi connectivity index (χ0n) is 16.6. The number of fused-ring (bicyclic) bond motifs is 1. The van der Waals surface area contributed by atoms with Gasteiger partial charge >= 0.3 is 5.76 Å². The Kier molecular flexibility index (Phi) is 5.08. The summed E-state index contributed by atoms with van der Waals surface area (Å²) in [6.45, 7) is 5.02. The van der Waals surface area contributed by atoms with E-state index in [9.17, 15) is 9.59 Å². The van der Waals surface area contributed by atoms with Crippen molar-refractivity contribution in [2.75, 3.05) is 20.2 Å². The molecule has 7 nitrogen and oxygen atoms in total. The number of ether oxygens (including phenoxy) is 1. The van der Waals surface area contributed by atoms with Crippen molar-refractivity contribution < 1.29 is 13.9 Å². The van der Waals surface area contributed by atoms with E-state index in [1.807, 2.05) is 26.0 Å². The molecule has 3 aromatic rings. The number of aryl methyl sites for hydroxylation is 2. The molecule has 1 saturated heterocycles. The van der Waals surface area contributed by atoms with Gasteiger partial charge in [0.05, 0.1) is 12.6 Å².